The van der Waals surface area contributed by atoms with Crippen molar-refractivity contribution in [2.24, 2.45) is 0 Å². The lowest BCUT2D eigenvalue weighted by atomic mass is 10.6. The molecule has 0 aromatic rings. The van der Waals surface area contributed by atoms with E-state index in [1.165, 1.54) is 6.04 Å². The largest absolute Gasteiger partial charge is 0.366 e. The second kappa shape index (κ2) is 6.58. The molecule has 0 rings (SSSR count). The first-order valence-corrected chi connectivity index (χ1v) is 5.76. The van der Waals surface area contributed by atoms with Crippen LogP contribution in [-0.2, 0) is 4.74 Å². The Morgan fingerprint density at radius 3 is 2.67 bits per heavy atom. The van der Waals surface area contributed by atoms with Gasteiger partial charge in [-0.25, -0.2) is 0 Å². The summed E-state index contributed by atoms with van der Waals surface area (Å²) in [5.41, 5.74) is 0.920. The van der Waals surface area contributed by atoms with Crippen LogP contribution in [0.4, 0.5) is 0 Å². The van der Waals surface area contributed by atoms with E-state index in [1.807, 2.05) is 0 Å². The highest BCUT2D eigenvalue weighted by atomic mass is 35.5. The van der Waals surface area contributed by atoms with Gasteiger partial charge in [-0.15, -0.1) is 0 Å². The third kappa shape index (κ3) is 8.47. The lowest BCUT2D eigenvalue weighted by Gasteiger charge is -2.01. The fourth-order valence-corrected chi connectivity index (χ4v) is 1.94. The summed E-state index contributed by atoms with van der Waals surface area (Å²) in [6.07, 6.45) is 0. The van der Waals surface area contributed by atoms with E-state index >= 15 is 0 Å². The van der Waals surface area contributed by atoms with E-state index in [1.54, 1.807) is 0 Å². The van der Waals surface area contributed by atoms with Crippen molar-refractivity contribution >= 4 is 21.1 Å². The fourth-order valence-electron chi connectivity index (χ4n) is 0.648. The molecule has 9 heavy (non-hydrogen) atoms. The van der Waals surface area contributed by atoms with E-state index in [0.29, 0.717) is 6.07 Å². The van der Waals surface area contributed by atoms with Crippen molar-refractivity contribution in [2.75, 3.05) is 12.7 Å². The molecule has 0 N–H and O–H groups in total. The van der Waals surface area contributed by atoms with Crippen LogP contribution in [0.5, 0.6) is 0 Å². The standard InChI is InChI=1S/C6H15ClOSi/c1-6(2)9-4-3-8-5-7/h6H,3-5,9H2,1-2H3. The number of ether oxygens (including phenoxy) is 1. The first-order valence-electron chi connectivity index (χ1n) is 3.41. The maximum Gasteiger partial charge on any atom is 0.120 e. The Hall–Kier alpha value is 0.467. The van der Waals surface area contributed by atoms with Gasteiger partial charge < -0.3 is 4.74 Å². The van der Waals surface area contributed by atoms with Gasteiger partial charge in [-0.2, -0.15) is 0 Å². The van der Waals surface area contributed by atoms with Crippen molar-refractivity contribution in [2.45, 2.75) is 25.4 Å². The van der Waals surface area contributed by atoms with Crippen LogP contribution >= 0.6 is 11.6 Å². The quantitative estimate of drug-likeness (QED) is 0.343. The van der Waals surface area contributed by atoms with Crippen LogP contribution in [-0.4, -0.2) is 22.2 Å². The summed E-state index contributed by atoms with van der Waals surface area (Å²) in [7, 11) is 0.142. The molecule has 0 unspecified atom stereocenters. The third-order valence-corrected chi connectivity index (χ3v) is 3.15. The summed E-state index contributed by atoms with van der Waals surface area (Å²) >= 11 is 5.31. The van der Waals surface area contributed by atoms with Crippen molar-refractivity contribution in [3.05, 3.63) is 0 Å². The van der Waals surface area contributed by atoms with Crippen LogP contribution in [0.25, 0.3) is 0 Å². The van der Waals surface area contributed by atoms with Crippen molar-refractivity contribution in [1.82, 2.24) is 0 Å². The van der Waals surface area contributed by atoms with Crippen LogP contribution in [0, 0.1) is 0 Å². The molecule has 56 valence electrons. The summed E-state index contributed by atoms with van der Waals surface area (Å²) < 4.78 is 4.98. The molecule has 1 nitrogen and oxygen atoms in total. The van der Waals surface area contributed by atoms with Gasteiger partial charge in [-0.1, -0.05) is 31.0 Å². The van der Waals surface area contributed by atoms with E-state index in [9.17, 15) is 0 Å². The number of alkyl halides is 1. The van der Waals surface area contributed by atoms with Crippen LogP contribution in [0.1, 0.15) is 13.8 Å². The number of hydrogen-bond acceptors (Lipinski definition) is 1. The number of halogens is 1. The average Bonchev–Trinajstić information content (AvgIpc) is 1.80. The lowest BCUT2D eigenvalue weighted by Crippen LogP contribution is -2.00. The van der Waals surface area contributed by atoms with Crippen LogP contribution in [0.15, 0.2) is 0 Å². The van der Waals surface area contributed by atoms with Gasteiger partial charge in [-0.05, 0) is 6.04 Å². The van der Waals surface area contributed by atoms with Gasteiger partial charge in [0.1, 0.15) is 6.07 Å². The highest BCUT2D eigenvalue weighted by molar-refractivity contribution is 6.37. The predicted molar refractivity (Wildman–Crippen MR) is 45.1 cm³/mol. The molecule has 0 aliphatic rings. The van der Waals surface area contributed by atoms with E-state index in [4.69, 9.17) is 16.3 Å². The smallest absolute Gasteiger partial charge is 0.120 e. The minimum absolute atomic E-state index is 0.142. The predicted octanol–water partition coefficient (Wildman–Crippen LogP) is 1.61. The van der Waals surface area contributed by atoms with Crippen LogP contribution < -0.4 is 0 Å². The van der Waals surface area contributed by atoms with Crippen molar-refractivity contribution in [1.29, 1.82) is 0 Å². The van der Waals surface area contributed by atoms with Crippen molar-refractivity contribution < 1.29 is 4.74 Å². The summed E-state index contributed by atoms with van der Waals surface area (Å²) in [5, 5.41) is 0. The normalized spacial score (nSPS) is 12.0. The Morgan fingerprint density at radius 1 is 1.56 bits per heavy atom. The Bertz CT molecular complexity index is 59.0. The van der Waals surface area contributed by atoms with Crippen LogP contribution in [0.3, 0.4) is 0 Å². The maximum atomic E-state index is 5.31. The monoisotopic (exact) mass is 166 g/mol. The van der Waals surface area contributed by atoms with E-state index < -0.39 is 0 Å². The van der Waals surface area contributed by atoms with Gasteiger partial charge in [0.05, 0.1) is 0 Å². The SMILES string of the molecule is CC(C)[SiH2]CCOCCl. The summed E-state index contributed by atoms with van der Waals surface area (Å²) in [5.74, 6) is 0. The summed E-state index contributed by atoms with van der Waals surface area (Å²) in [6.45, 7) is 5.41. The zero-order chi connectivity index (χ0) is 7.11. The second-order valence-corrected chi connectivity index (χ2v) is 5.69. The first-order chi connectivity index (χ1) is 4.27. The van der Waals surface area contributed by atoms with Gasteiger partial charge >= 0.3 is 0 Å². The van der Waals surface area contributed by atoms with Gasteiger partial charge in [0.25, 0.3) is 0 Å². The number of hydrogen-bond donors (Lipinski definition) is 0. The molecule has 0 bridgehead atoms. The average molecular weight is 167 g/mol. The molecule has 0 aliphatic carbocycles. The Labute approximate surface area is 64.6 Å². The molecule has 0 aromatic carbocycles. The van der Waals surface area contributed by atoms with E-state index in [2.05, 4.69) is 13.8 Å². The third-order valence-electron chi connectivity index (χ3n) is 1.15. The minimum Gasteiger partial charge on any atom is -0.366 e. The Kier molecular flexibility index (Phi) is 6.93. The summed E-state index contributed by atoms with van der Waals surface area (Å²) in [6, 6.07) is 1.62. The lowest BCUT2D eigenvalue weighted by molar-refractivity contribution is 0.195. The molecule has 0 radical (unpaired) electrons. The molecule has 3 heteroatoms. The van der Waals surface area contributed by atoms with Crippen molar-refractivity contribution in [3.63, 3.8) is 0 Å². The molecule has 0 saturated heterocycles. The Morgan fingerprint density at radius 2 is 2.22 bits per heavy atom. The van der Waals surface area contributed by atoms with Gasteiger partial charge in [-0.3, -0.25) is 0 Å². The topological polar surface area (TPSA) is 9.23 Å². The number of rotatable bonds is 5. The molecular formula is C6H15ClOSi. The molecule has 0 saturated carbocycles. The van der Waals surface area contributed by atoms with Gasteiger partial charge in [0.15, 0.2) is 0 Å². The van der Waals surface area contributed by atoms with E-state index in [0.717, 1.165) is 12.1 Å². The molecule has 0 aromatic heterocycles. The second-order valence-electron chi connectivity index (χ2n) is 2.55. The molecule has 0 fully saturated rings. The molecule has 0 atom stereocenters. The molecule has 0 aliphatic heterocycles. The molecular weight excluding hydrogens is 152 g/mol. The minimum atomic E-state index is 0.142. The fraction of sp³-hybridized carbons (Fsp3) is 1.00. The van der Waals surface area contributed by atoms with Gasteiger partial charge in [0.2, 0.25) is 0 Å². The van der Waals surface area contributed by atoms with Crippen LogP contribution in [0.2, 0.25) is 11.6 Å². The molecule has 0 spiro atoms. The Balaban J connectivity index is 2.75. The van der Waals surface area contributed by atoms with Crippen molar-refractivity contribution in [3.8, 4) is 0 Å². The van der Waals surface area contributed by atoms with E-state index in [-0.39, 0.29) is 9.52 Å². The summed E-state index contributed by atoms with van der Waals surface area (Å²) in [4.78, 5) is 0. The molecule has 0 amide bonds. The highest BCUT2D eigenvalue weighted by Crippen LogP contribution is 1.99. The zero-order valence-corrected chi connectivity index (χ0v) is 8.36. The zero-order valence-electron chi connectivity index (χ0n) is 6.19. The first kappa shape index (κ1) is 9.47. The maximum absolute atomic E-state index is 5.31. The highest BCUT2D eigenvalue weighted by Gasteiger charge is 1.93. The molecule has 0 heterocycles. The van der Waals surface area contributed by atoms with Gasteiger partial charge in [0, 0.05) is 16.1 Å².